The zero-order valence-electron chi connectivity index (χ0n) is 27.3. The van der Waals surface area contributed by atoms with Gasteiger partial charge in [0, 0.05) is 16.6 Å². The Balaban J connectivity index is 0.000000177. The molecule has 2 N–H and O–H groups in total. The number of halogens is 3. The Bertz CT molecular complexity index is 1680. The first-order valence-electron chi connectivity index (χ1n) is 16.3. The zero-order chi connectivity index (χ0) is 34.5. The number of rotatable bonds is 5. The SMILES string of the molecule is CC1(C)OB(c2ccc(C(=O)N[C@@H]3C[C@@H]4CC[C@H]3N4C#N)c(Cl)c2)OC1(C)C.N#CN1[C@H]2CC[C@@H]1[C@H](NC(=O)c1ccc(Br)cc1Cl)C2. The van der Waals surface area contributed by atoms with Crippen LogP contribution in [0.1, 0.15) is 86.9 Å². The summed E-state index contributed by atoms with van der Waals surface area (Å²) >= 11 is 15.8. The summed E-state index contributed by atoms with van der Waals surface area (Å²) in [5.74, 6) is -0.376. The Kier molecular flexibility index (Phi) is 9.71. The number of nitriles is 2. The Morgan fingerprint density at radius 3 is 1.69 bits per heavy atom. The molecule has 0 aliphatic carbocycles. The van der Waals surface area contributed by atoms with E-state index in [1.54, 1.807) is 30.3 Å². The zero-order valence-corrected chi connectivity index (χ0v) is 30.4. The molecule has 14 heteroatoms. The summed E-state index contributed by atoms with van der Waals surface area (Å²) in [6.45, 7) is 7.99. The van der Waals surface area contributed by atoms with Gasteiger partial charge in [0.1, 0.15) is 0 Å². The molecule has 0 unspecified atom stereocenters. The molecule has 0 radical (unpaired) electrons. The molecule has 6 atom stereocenters. The summed E-state index contributed by atoms with van der Waals surface area (Å²) in [5.41, 5.74) is 0.813. The lowest BCUT2D eigenvalue weighted by Crippen LogP contribution is -2.43. The third kappa shape index (κ3) is 6.50. The van der Waals surface area contributed by atoms with Gasteiger partial charge in [0.2, 0.25) is 0 Å². The number of benzene rings is 2. The fourth-order valence-corrected chi connectivity index (χ4v) is 8.64. The first-order chi connectivity index (χ1) is 22.7. The molecule has 252 valence electrons. The van der Waals surface area contributed by atoms with Crippen LogP contribution < -0.4 is 16.1 Å². The quantitative estimate of drug-likeness (QED) is 0.308. The highest BCUT2D eigenvalue weighted by Gasteiger charge is 2.52. The normalized spacial score (nSPS) is 28.8. The van der Waals surface area contributed by atoms with Crippen LogP contribution in [0, 0.1) is 22.9 Å². The van der Waals surface area contributed by atoms with E-state index in [-0.39, 0.29) is 48.1 Å². The molecule has 0 aromatic heterocycles. The van der Waals surface area contributed by atoms with Crippen LogP contribution >= 0.6 is 39.1 Å². The van der Waals surface area contributed by atoms with Gasteiger partial charge in [-0.25, -0.2) is 0 Å². The number of fused-ring (bicyclic) bond motifs is 4. The van der Waals surface area contributed by atoms with Crippen LogP contribution in [0.4, 0.5) is 0 Å². The molecule has 0 spiro atoms. The molecule has 5 fully saturated rings. The van der Waals surface area contributed by atoms with Crippen molar-refractivity contribution in [2.75, 3.05) is 0 Å². The highest BCUT2D eigenvalue weighted by Crippen LogP contribution is 2.39. The minimum Gasteiger partial charge on any atom is -0.399 e. The molecule has 0 saturated carbocycles. The molecule has 5 aliphatic rings. The predicted molar refractivity (Wildman–Crippen MR) is 187 cm³/mol. The summed E-state index contributed by atoms with van der Waals surface area (Å²) in [6.07, 6.45) is 10.1. The number of carbonyl (C=O) groups is 2. The minimum atomic E-state index is -0.519. The van der Waals surface area contributed by atoms with Gasteiger partial charge in [-0.15, -0.1) is 0 Å². The first-order valence-corrected chi connectivity index (χ1v) is 17.9. The lowest BCUT2D eigenvalue weighted by Gasteiger charge is -2.32. The third-order valence-electron chi connectivity index (χ3n) is 10.9. The minimum absolute atomic E-state index is 0.00950. The summed E-state index contributed by atoms with van der Waals surface area (Å²) in [5, 5.41) is 25.3. The van der Waals surface area contributed by atoms with Crippen molar-refractivity contribution in [1.29, 1.82) is 10.5 Å². The van der Waals surface area contributed by atoms with Crippen LogP contribution in [-0.2, 0) is 9.31 Å². The highest BCUT2D eigenvalue weighted by molar-refractivity contribution is 9.10. The van der Waals surface area contributed by atoms with Crippen LogP contribution in [0.15, 0.2) is 40.9 Å². The average molecular weight is 756 g/mol. The standard InChI is InChI=1S/C20H25BClN3O3.C14H13BrClN3O/c1-19(2)20(3,4)28-21(27-19)12-5-7-14(15(22)9-12)18(26)24-16-10-13-6-8-17(16)25(13)11-23;15-8-1-3-10(11(16)5-8)14(20)18-12-6-9-2-4-13(12)19(9)7-17/h5,7,9,13,16-17H,6,8,10H2,1-4H3,(H,24,26);1,3,5,9,12-13H,2,4,6H2,(H,18,20)/t13-,16+,17+;9-,12+,13+/m00/s1. The monoisotopic (exact) mass is 754 g/mol. The summed E-state index contributed by atoms with van der Waals surface area (Å²) in [4.78, 5) is 28.7. The highest BCUT2D eigenvalue weighted by atomic mass is 79.9. The van der Waals surface area contributed by atoms with Gasteiger partial charge in [-0.3, -0.25) is 9.59 Å². The van der Waals surface area contributed by atoms with Gasteiger partial charge in [0.25, 0.3) is 11.8 Å². The lowest BCUT2D eigenvalue weighted by atomic mass is 9.79. The van der Waals surface area contributed by atoms with Gasteiger partial charge in [-0.1, -0.05) is 45.2 Å². The second-order valence-corrected chi connectivity index (χ2v) is 15.9. The molecule has 2 amide bonds. The molecular weight excluding hydrogens is 718 g/mol. The second-order valence-electron chi connectivity index (χ2n) is 14.2. The number of nitrogens with one attached hydrogen (secondary N) is 2. The molecule has 4 bridgehead atoms. The van der Waals surface area contributed by atoms with Crippen LogP contribution in [0.25, 0.3) is 0 Å². The van der Waals surface area contributed by atoms with E-state index in [0.29, 0.717) is 21.2 Å². The van der Waals surface area contributed by atoms with E-state index >= 15 is 0 Å². The van der Waals surface area contributed by atoms with E-state index in [1.807, 2.05) is 43.6 Å². The molecule has 7 rings (SSSR count). The summed E-state index contributed by atoms with van der Waals surface area (Å²) < 4.78 is 12.9. The lowest BCUT2D eigenvalue weighted by molar-refractivity contribution is 0.00578. The Hall–Kier alpha value is -3.00. The molecule has 5 aliphatic heterocycles. The van der Waals surface area contributed by atoms with Crippen molar-refractivity contribution in [3.05, 3.63) is 62.0 Å². The van der Waals surface area contributed by atoms with E-state index in [1.165, 1.54) is 0 Å². The molecular formula is C34H38BBrCl2N6O4. The number of hydrogen-bond donors (Lipinski definition) is 2. The molecule has 5 heterocycles. The van der Waals surface area contributed by atoms with Crippen molar-refractivity contribution >= 4 is 63.5 Å². The first kappa shape index (κ1) is 34.9. The molecule has 2 aromatic carbocycles. The van der Waals surface area contributed by atoms with Crippen molar-refractivity contribution in [3.8, 4) is 12.4 Å². The van der Waals surface area contributed by atoms with Crippen molar-refractivity contribution in [2.45, 2.75) is 114 Å². The Morgan fingerprint density at radius 1 is 0.812 bits per heavy atom. The van der Waals surface area contributed by atoms with Crippen molar-refractivity contribution in [3.63, 3.8) is 0 Å². The number of carbonyl (C=O) groups excluding carboxylic acids is 2. The van der Waals surface area contributed by atoms with E-state index < -0.39 is 18.3 Å². The fraction of sp³-hybridized carbons (Fsp3) is 0.529. The van der Waals surface area contributed by atoms with Crippen molar-refractivity contribution < 1.29 is 18.9 Å². The molecule has 2 aromatic rings. The maximum atomic E-state index is 12.8. The summed E-state index contributed by atoms with van der Waals surface area (Å²) in [7, 11) is -0.519. The summed E-state index contributed by atoms with van der Waals surface area (Å²) in [6, 6.07) is 11.3. The van der Waals surface area contributed by atoms with Gasteiger partial charge in [-0.05, 0) is 102 Å². The third-order valence-corrected chi connectivity index (χ3v) is 12.0. The molecule has 48 heavy (non-hydrogen) atoms. The number of hydrogen-bond acceptors (Lipinski definition) is 8. The average Bonchev–Trinajstić information content (AvgIpc) is 3.82. The van der Waals surface area contributed by atoms with E-state index in [0.717, 1.165) is 48.5 Å². The predicted octanol–water partition coefficient (Wildman–Crippen LogP) is 5.37. The second kappa shape index (κ2) is 13.4. The number of amides is 2. The van der Waals surface area contributed by atoms with Crippen molar-refractivity contribution in [2.24, 2.45) is 0 Å². The van der Waals surface area contributed by atoms with Crippen LogP contribution in [-0.4, -0.2) is 76.2 Å². The van der Waals surface area contributed by atoms with Gasteiger partial charge in [-0.2, -0.15) is 10.5 Å². The van der Waals surface area contributed by atoms with Gasteiger partial charge in [0.05, 0.1) is 56.5 Å². The maximum Gasteiger partial charge on any atom is 0.494 e. The Morgan fingerprint density at radius 2 is 1.27 bits per heavy atom. The molecule has 10 nitrogen and oxygen atoms in total. The van der Waals surface area contributed by atoms with E-state index in [9.17, 15) is 14.9 Å². The fourth-order valence-electron chi connectivity index (χ4n) is 7.61. The van der Waals surface area contributed by atoms with Crippen LogP contribution in [0.5, 0.6) is 0 Å². The van der Waals surface area contributed by atoms with Crippen LogP contribution in [0.3, 0.4) is 0 Å². The van der Waals surface area contributed by atoms with E-state index in [4.69, 9.17) is 37.8 Å². The van der Waals surface area contributed by atoms with Gasteiger partial charge < -0.3 is 29.7 Å². The van der Waals surface area contributed by atoms with Gasteiger partial charge in [0.15, 0.2) is 12.4 Å². The topological polar surface area (TPSA) is 131 Å². The van der Waals surface area contributed by atoms with E-state index in [2.05, 4.69) is 38.9 Å². The maximum absolute atomic E-state index is 12.8. The largest absolute Gasteiger partial charge is 0.494 e. The molecule has 5 saturated heterocycles. The number of nitrogens with zero attached hydrogens (tertiary/aromatic N) is 4. The van der Waals surface area contributed by atoms with Crippen LogP contribution in [0.2, 0.25) is 10.0 Å². The van der Waals surface area contributed by atoms with Gasteiger partial charge >= 0.3 is 7.12 Å². The smallest absolute Gasteiger partial charge is 0.399 e. The Labute approximate surface area is 300 Å². The van der Waals surface area contributed by atoms with Crippen molar-refractivity contribution in [1.82, 2.24) is 20.4 Å².